The normalized spacial score (nSPS) is 20.3. The van der Waals surface area contributed by atoms with Crippen molar-refractivity contribution in [2.45, 2.75) is 19.3 Å². The van der Waals surface area contributed by atoms with Gasteiger partial charge in [0.1, 0.15) is 11.6 Å². The van der Waals surface area contributed by atoms with Crippen molar-refractivity contribution in [3.8, 4) is 5.75 Å². The number of nitrogens with two attached hydrogens (primary N) is 1. The number of primary amides is 1. The third-order valence-electron chi connectivity index (χ3n) is 4.41. The van der Waals surface area contributed by atoms with Gasteiger partial charge in [-0.05, 0) is 37.1 Å². The maximum Gasteiger partial charge on any atom is 0.237 e. The first-order chi connectivity index (χ1) is 12.6. The van der Waals surface area contributed by atoms with Crippen LogP contribution in [0.4, 0.5) is 4.39 Å². The Kier molecular flexibility index (Phi) is 6.77. The molecule has 1 aliphatic rings. The zero-order valence-electron chi connectivity index (χ0n) is 15.1. The lowest BCUT2D eigenvalue weighted by atomic mass is 9.77. The van der Waals surface area contributed by atoms with Gasteiger partial charge in [0.25, 0.3) is 0 Å². The average Bonchev–Trinajstić information content (AvgIpc) is 2.58. The number of halogens is 1. The van der Waals surface area contributed by atoms with E-state index in [2.05, 4.69) is 4.72 Å². The molecule has 2 amide bonds. The van der Waals surface area contributed by atoms with E-state index in [1.54, 1.807) is 0 Å². The first-order valence-corrected chi connectivity index (χ1v) is 10.4. The van der Waals surface area contributed by atoms with E-state index in [-0.39, 0.29) is 37.8 Å². The van der Waals surface area contributed by atoms with E-state index in [0.717, 1.165) is 6.26 Å². The van der Waals surface area contributed by atoms with Crippen LogP contribution in [0, 0.1) is 11.2 Å². The summed E-state index contributed by atoms with van der Waals surface area (Å²) < 4.78 is 43.3. The molecule has 1 atom stereocenters. The molecule has 2 rings (SSSR count). The molecule has 27 heavy (non-hydrogen) atoms. The van der Waals surface area contributed by atoms with E-state index in [1.807, 2.05) is 0 Å². The van der Waals surface area contributed by atoms with Crippen LogP contribution in [0.1, 0.15) is 19.3 Å². The summed E-state index contributed by atoms with van der Waals surface area (Å²) >= 11 is 0. The van der Waals surface area contributed by atoms with Crippen LogP contribution in [0.3, 0.4) is 0 Å². The monoisotopic (exact) mass is 401 g/mol. The van der Waals surface area contributed by atoms with Crippen molar-refractivity contribution in [2.24, 2.45) is 11.1 Å². The van der Waals surface area contributed by atoms with Crippen LogP contribution in [0.5, 0.6) is 5.75 Å². The third-order valence-corrected chi connectivity index (χ3v) is 5.08. The quantitative estimate of drug-likeness (QED) is 0.647. The van der Waals surface area contributed by atoms with Gasteiger partial charge in [0, 0.05) is 24.9 Å². The number of carbonyl (C=O) groups is 2. The number of sulfonamides is 1. The van der Waals surface area contributed by atoms with Gasteiger partial charge in [-0.15, -0.1) is 0 Å². The molecule has 1 fully saturated rings. The van der Waals surface area contributed by atoms with Crippen molar-refractivity contribution in [1.82, 2.24) is 9.62 Å². The molecule has 150 valence electrons. The largest absolute Gasteiger partial charge is 0.493 e. The number of nitrogens with zero attached hydrogens (tertiary/aromatic N) is 1. The second-order valence-corrected chi connectivity index (χ2v) is 8.73. The van der Waals surface area contributed by atoms with Crippen LogP contribution < -0.4 is 15.2 Å². The standard InChI is InChI=1S/C17H24FN3O5S/c1-27(24,25)20-10-16(23)21-8-2-7-17(11-21,9-15(19)22)12-26-14-5-3-13(18)4-6-14/h3-6,20H,2,7-12H2,1H3,(H2,19,22). The number of hydrogen-bond donors (Lipinski definition) is 2. The van der Waals surface area contributed by atoms with Gasteiger partial charge >= 0.3 is 0 Å². The number of amides is 2. The highest BCUT2D eigenvalue weighted by molar-refractivity contribution is 7.88. The Balaban J connectivity index is 2.07. The SMILES string of the molecule is CS(=O)(=O)NCC(=O)N1CCCC(COc2ccc(F)cc2)(CC(N)=O)C1. The molecular weight excluding hydrogens is 377 g/mol. The minimum Gasteiger partial charge on any atom is -0.493 e. The minimum atomic E-state index is -3.48. The van der Waals surface area contributed by atoms with Crippen LogP contribution in [0.15, 0.2) is 24.3 Å². The summed E-state index contributed by atoms with van der Waals surface area (Å²) in [6.07, 6.45) is 2.26. The zero-order chi connectivity index (χ0) is 20.1. The second-order valence-electron chi connectivity index (χ2n) is 6.90. The smallest absolute Gasteiger partial charge is 0.237 e. The Morgan fingerprint density at radius 1 is 1.33 bits per heavy atom. The summed E-state index contributed by atoms with van der Waals surface area (Å²) in [5.74, 6) is -0.832. The van der Waals surface area contributed by atoms with Gasteiger partial charge in [-0.25, -0.2) is 17.5 Å². The molecule has 0 radical (unpaired) electrons. The molecule has 1 aliphatic heterocycles. The number of hydrogen-bond acceptors (Lipinski definition) is 5. The summed E-state index contributed by atoms with van der Waals surface area (Å²) in [5.41, 5.74) is 4.71. The zero-order valence-corrected chi connectivity index (χ0v) is 15.9. The Labute approximate surface area is 157 Å². The van der Waals surface area contributed by atoms with Crippen molar-refractivity contribution in [3.05, 3.63) is 30.1 Å². The number of benzene rings is 1. The van der Waals surface area contributed by atoms with Crippen molar-refractivity contribution in [3.63, 3.8) is 0 Å². The van der Waals surface area contributed by atoms with Gasteiger partial charge in [-0.1, -0.05) is 0 Å². The van der Waals surface area contributed by atoms with Gasteiger partial charge in [-0.3, -0.25) is 9.59 Å². The Bertz CT molecular complexity index is 784. The van der Waals surface area contributed by atoms with Gasteiger partial charge in [0.2, 0.25) is 21.8 Å². The molecule has 1 aromatic carbocycles. The fraction of sp³-hybridized carbons (Fsp3) is 0.529. The second kappa shape index (κ2) is 8.66. The summed E-state index contributed by atoms with van der Waals surface area (Å²) in [6, 6.07) is 5.50. The van der Waals surface area contributed by atoms with Gasteiger partial charge in [0.05, 0.1) is 19.4 Å². The predicted octanol–water partition coefficient (Wildman–Crippen LogP) is 0.238. The molecule has 0 bridgehead atoms. The van der Waals surface area contributed by atoms with Crippen LogP contribution in [0.2, 0.25) is 0 Å². The average molecular weight is 401 g/mol. The summed E-state index contributed by atoms with van der Waals surface area (Å²) in [5, 5.41) is 0. The van der Waals surface area contributed by atoms with Crippen LogP contribution in [0.25, 0.3) is 0 Å². The molecule has 1 saturated heterocycles. The molecule has 0 aliphatic carbocycles. The fourth-order valence-electron chi connectivity index (χ4n) is 3.18. The minimum absolute atomic E-state index is 0.0253. The highest BCUT2D eigenvalue weighted by atomic mass is 32.2. The summed E-state index contributed by atoms with van der Waals surface area (Å²) in [4.78, 5) is 25.4. The van der Waals surface area contributed by atoms with E-state index >= 15 is 0 Å². The highest BCUT2D eigenvalue weighted by Crippen LogP contribution is 2.34. The Hall–Kier alpha value is -2.20. The molecular formula is C17H24FN3O5S. The molecule has 1 aromatic rings. The molecule has 0 aromatic heterocycles. The highest BCUT2D eigenvalue weighted by Gasteiger charge is 2.39. The molecule has 0 saturated carbocycles. The molecule has 1 heterocycles. The topological polar surface area (TPSA) is 119 Å². The van der Waals surface area contributed by atoms with Crippen molar-refractivity contribution >= 4 is 21.8 Å². The number of nitrogens with one attached hydrogen (secondary N) is 1. The lowest BCUT2D eigenvalue weighted by Crippen LogP contribution is -2.52. The van der Waals surface area contributed by atoms with E-state index in [1.165, 1.54) is 29.2 Å². The van der Waals surface area contributed by atoms with E-state index < -0.39 is 21.3 Å². The molecule has 1 unspecified atom stereocenters. The maximum absolute atomic E-state index is 13.0. The summed E-state index contributed by atoms with van der Waals surface area (Å²) in [7, 11) is -3.48. The van der Waals surface area contributed by atoms with Gasteiger partial charge in [0.15, 0.2) is 0 Å². The lowest BCUT2D eigenvalue weighted by Gasteiger charge is -2.42. The van der Waals surface area contributed by atoms with Crippen molar-refractivity contribution < 1.29 is 27.1 Å². The van der Waals surface area contributed by atoms with Gasteiger partial charge in [-0.2, -0.15) is 0 Å². The van der Waals surface area contributed by atoms with E-state index in [0.29, 0.717) is 25.1 Å². The number of carbonyl (C=O) groups excluding carboxylic acids is 2. The Morgan fingerprint density at radius 3 is 2.59 bits per heavy atom. The third kappa shape index (κ3) is 6.79. The van der Waals surface area contributed by atoms with E-state index in [9.17, 15) is 22.4 Å². The van der Waals surface area contributed by atoms with Crippen LogP contribution >= 0.6 is 0 Å². The number of rotatable bonds is 8. The molecule has 8 nitrogen and oxygen atoms in total. The van der Waals surface area contributed by atoms with Crippen LogP contribution in [-0.2, 0) is 19.6 Å². The van der Waals surface area contributed by atoms with Crippen LogP contribution in [-0.4, -0.2) is 57.6 Å². The fourth-order valence-corrected chi connectivity index (χ4v) is 3.56. The first-order valence-electron chi connectivity index (χ1n) is 8.48. The van der Waals surface area contributed by atoms with Crippen molar-refractivity contribution in [1.29, 1.82) is 0 Å². The van der Waals surface area contributed by atoms with E-state index in [4.69, 9.17) is 10.5 Å². The number of likely N-dealkylation sites (tertiary alicyclic amines) is 1. The lowest BCUT2D eigenvalue weighted by molar-refractivity contribution is -0.136. The number of ether oxygens (including phenoxy) is 1. The van der Waals surface area contributed by atoms with Crippen molar-refractivity contribution in [2.75, 3.05) is 32.5 Å². The Morgan fingerprint density at radius 2 is 2.00 bits per heavy atom. The summed E-state index contributed by atoms with van der Waals surface area (Å²) in [6.45, 7) is 0.470. The first kappa shape index (κ1) is 21.1. The predicted molar refractivity (Wildman–Crippen MR) is 96.8 cm³/mol. The molecule has 10 heteroatoms. The molecule has 0 spiro atoms. The maximum atomic E-state index is 13.0. The molecule has 3 N–H and O–H groups in total. The number of piperidine rings is 1. The van der Waals surface area contributed by atoms with Gasteiger partial charge < -0.3 is 15.4 Å².